The van der Waals surface area contributed by atoms with Gasteiger partial charge in [0.1, 0.15) is 0 Å². The van der Waals surface area contributed by atoms with Crippen molar-refractivity contribution in [1.29, 1.82) is 0 Å². The summed E-state index contributed by atoms with van der Waals surface area (Å²) in [5, 5.41) is 3.19. The van der Waals surface area contributed by atoms with Gasteiger partial charge in [0.25, 0.3) is 15.9 Å². The smallest absolute Gasteiger partial charge is 0.261 e. The molecule has 3 aromatic carbocycles. The van der Waals surface area contributed by atoms with Crippen molar-refractivity contribution in [1.82, 2.24) is 0 Å². The molecule has 0 radical (unpaired) electrons. The minimum Gasteiger partial charge on any atom is -0.322 e. The quantitative estimate of drug-likeness (QED) is 0.471. The highest BCUT2D eigenvalue weighted by Crippen LogP contribution is 2.26. The van der Waals surface area contributed by atoms with Crippen molar-refractivity contribution < 1.29 is 21.6 Å². The monoisotopic (exact) mass is 527 g/mol. The highest BCUT2D eigenvalue weighted by molar-refractivity contribution is 7.92. The number of nitrogens with one attached hydrogen (secondary N) is 2. The predicted octanol–water partition coefficient (Wildman–Crippen LogP) is 4.44. The summed E-state index contributed by atoms with van der Waals surface area (Å²) in [6.07, 6.45) is 1.03. The fourth-order valence-corrected chi connectivity index (χ4v) is 4.94. The van der Waals surface area contributed by atoms with Crippen LogP contribution in [0.4, 0.5) is 17.1 Å². The molecule has 3 aromatic rings. The van der Waals surface area contributed by atoms with Crippen LogP contribution in [0.15, 0.2) is 71.6 Å². The number of rotatable bonds is 7. The first kappa shape index (κ1) is 24.8. The number of halogens is 2. The van der Waals surface area contributed by atoms with Crippen LogP contribution >= 0.6 is 23.2 Å². The van der Waals surface area contributed by atoms with Crippen LogP contribution in [0.5, 0.6) is 0 Å². The summed E-state index contributed by atoms with van der Waals surface area (Å²) in [6, 6.07) is 16.0. The van der Waals surface area contributed by atoms with E-state index in [0.29, 0.717) is 5.69 Å². The van der Waals surface area contributed by atoms with E-state index in [1.54, 1.807) is 12.1 Å². The Morgan fingerprint density at radius 1 is 0.848 bits per heavy atom. The summed E-state index contributed by atoms with van der Waals surface area (Å²) in [5.74, 6) is -0.552. The molecule has 8 nitrogen and oxygen atoms in total. The fourth-order valence-electron chi connectivity index (χ4n) is 2.86. The lowest BCUT2D eigenvalue weighted by molar-refractivity contribution is 0.102. The molecule has 174 valence electrons. The Labute approximate surface area is 202 Å². The number of para-hydroxylation sites is 1. The molecule has 0 atom stereocenters. The van der Waals surface area contributed by atoms with E-state index in [4.69, 9.17) is 23.2 Å². The van der Waals surface area contributed by atoms with E-state index in [1.807, 2.05) is 0 Å². The van der Waals surface area contributed by atoms with E-state index < -0.39 is 26.0 Å². The van der Waals surface area contributed by atoms with Crippen LogP contribution in [0.25, 0.3) is 0 Å². The molecule has 0 aliphatic rings. The molecular formula is C21H19Cl2N3O5S2. The fraction of sp³-hybridized carbons (Fsp3) is 0.0952. The molecule has 0 aromatic heterocycles. The second kappa shape index (κ2) is 9.60. The summed E-state index contributed by atoms with van der Waals surface area (Å²) >= 11 is 11.8. The zero-order valence-corrected chi connectivity index (χ0v) is 20.6. The summed E-state index contributed by atoms with van der Waals surface area (Å²) in [5.41, 5.74) is 0.876. The number of nitrogens with zero attached hydrogens (tertiary/aromatic N) is 1. The molecule has 0 unspecified atom stereocenters. The molecule has 2 N–H and O–H groups in total. The van der Waals surface area contributed by atoms with Crippen LogP contribution in [-0.4, -0.2) is 36.0 Å². The van der Waals surface area contributed by atoms with E-state index in [1.165, 1.54) is 61.6 Å². The highest BCUT2D eigenvalue weighted by atomic mass is 35.5. The standard InChI is InChI=1S/C21H19Cl2N3O5S2/c1-26(32(2,28)29)20-6-4-3-5-19(20)21(27)24-16-7-9-18(10-8-16)33(30,31)25-17-12-14(22)11-15(23)13-17/h3-13,25H,1-2H3,(H,24,27). The van der Waals surface area contributed by atoms with Crippen LogP contribution in [0, 0.1) is 0 Å². The first-order valence-corrected chi connectivity index (χ1v) is 13.4. The van der Waals surface area contributed by atoms with E-state index in [0.717, 1.165) is 10.6 Å². The molecule has 0 aliphatic heterocycles. The number of hydrogen-bond acceptors (Lipinski definition) is 5. The van der Waals surface area contributed by atoms with Gasteiger partial charge in [-0.1, -0.05) is 35.3 Å². The Morgan fingerprint density at radius 2 is 1.42 bits per heavy atom. The third-order valence-corrected chi connectivity index (χ3v) is 7.55. The molecule has 0 spiro atoms. The molecular weight excluding hydrogens is 509 g/mol. The Morgan fingerprint density at radius 3 is 2.00 bits per heavy atom. The Hall–Kier alpha value is -2.79. The maximum atomic E-state index is 12.8. The number of anilines is 3. The maximum Gasteiger partial charge on any atom is 0.261 e. The average Bonchev–Trinajstić information content (AvgIpc) is 2.71. The summed E-state index contributed by atoms with van der Waals surface area (Å²) in [6.45, 7) is 0. The molecule has 0 heterocycles. The average molecular weight is 528 g/mol. The molecule has 12 heteroatoms. The van der Waals surface area contributed by atoms with Crippen molar-refractivity contribution in [2.45, 2.75) is 4.90 Å². The Bertz CT molecular complexity index is 1390. The largest absolute Gasteiger partial charge is 0.322 e. The van der Waals surface area contributed by atoms with Crippen molar-refractivity contribution in [3.05, 3.63) is 82.3 Å². The number of benzene rings is 3. The highest BCUT2D eigenvalue weighted by Gasteiger charge is 2.20. The van der Waals surface area contributed by atoms with Crippen LogP contribution in [0.1, 0.15) is 10.4 Å². The van der Waals surface area contributed by atoms with Crippen molar-refractivity contribution in [3.8, 4) is 0 Å². The van der Waals surface area contributed by atoms with E-state index >= 15 is 0 Å². The van der Waals surface area contributed by atoms with Gasteiger partial charge in [0.15, 0.2) is 0 Å². The minimum atomic E-state index is -3.93. The third-order valence-electron chi connectivity index (χ3n) is 4.52. The molecule has 0 saturated carbocycles. The van der Waals surface area contributed by atoms with Crippen LogP contribution in [0.3, 0.4) is 0 Å². The van der Waals surface area contributed by atoms with Crippen molar-refractivity contribution >= 4 is 66.2 Å². The van der Waals surface area contributed by atoms with E-state index in [9.17, 15) is 21.6 Å². The first-order chi connectivity index (χ1) is 15.4. The summed E-state index contributed by atoms with van der Waals surface area (Å²) in [7, 11) is -6.16. The first-order valence-electron chi connectivity index (χ1n) is 9.30. The summed E-state index contributed by atoms with van der Waals surface area (Å²) in [4.78, 5) is 12.7. The number of carbonyl (C=O) groups is 1. The predicted molar refractivity (Wildman–Crippen MR) is 131 cm³/mol. The van der Waals surface area contributed by atoms with E-state index in [2.05, 4.69) is 10.0 Å². The lowest BCUT2D eigenvalue weighted by atomic mass is 10.1. The van der Waals surface area contributed by atoms with Gasteiger partial charge in [-0.2, -0.15) is 0 Å². The minimum absolute atomic E-state index is 0.0474. The van der Waals surface area contributed by atoms with Crippen molar-refractivity contribution in [3.63, 3.8) is 0 Å². The van der Waals surface area contributed by atoms with E-state index in [-0.39, 0.29) is 31.9 Å². The van der Waals surface area contributed by atoms with Gasteiger partial charge in [0.05, 0.1) is 28.1 Å². The third kappa shape index (κ3) is 6.17. The van der Waals surface area contributed by atoms with Crippen molar-refractivity contribution in [2.24, 2.45) is 0 Å². The van der Waals surface area contributed by atoms with Crippen molar-refractivity contribution in [2.75, 3.05) is 27.6 Å². The molecule has 3 rings (SSSR count). The Kier molecular flexibility index (Phi) is 7.23. The molecule has 0 fully saturated rings. The van der Waals surface area contributed by atoms with Gasteiger partial charge in [-0.3, -0.25) is 13.8 Å². The molecule has 0 saturated heterocycles. The van der Waals surface area contributed by atoms with Gasteiger partial charge >= 0.3 is 0 Å². The zero-order chi connectivity index (χ0) is 24.4. The van der Waals surface area contributed by atoms with Gasteiger partial charge in [-0.25, -0.2) is 16.8 Å². The van der Waals surface area contributed by atoms with Gasteiger partial charge in [0.2, 0.25) is 10.0 Å². The SMILES string of the molecule is CN(c1ccccc1C(=O)Nc1ccc(S(=O)(=O)Nc2cc(Cl)cc(Cl)c2)cc1)S(C)(=O)=O. The lowest BCUT2D eigenvalue weighted by Gasteiger charge is -2.19. The second-order valence-corrected chi connectivity index (χ2v) is 11.6. The number of carbonyl (C=O) groups excluding carboxylic acids is 1. The molecule has 1 amide bonds. The van der Waals surface area contributed by atoms with Crippen LogP contribution < -0.4 is 14.3 Å². The topological polar surface area (TPSA) is 113 Å². The van der Waals surface area contributed by atoms with Gasteiger partial charge in [-0.05, 0) is 54.6 Å². The van der Waals surface area contributed by atoms with Gasteiger partial charge < -0.3 is 5.32 Å². The number of amides is 1. The Balaban J connectivity index is 1.79. The lowest BCUT2D eigenvalue weighted by Crippen LogP contribution is -2.27. The summed E-state index contributed by atoms with van der Waals surface area (Å²) < 4.78 is 52.4. The number of hydrogen-bond donors (Lipinski definition) is 2. The van der Waals surface area contributed by atoms with Gasteiger partial charge in [0, 0.05) is 22.8 Å². The van der Waals surface area contributed by atoms with Crippen LogP contribution in [0.2, 0.25) is 10.0 Å². The normalized spacial score (nSPS) is 11.6. The van der Waals surface area contributed by atoms with Crippen LogP contribution in [-0.2, 0) is 20.0 Å². The second-order valence-electron chi connectivity index (χ2n) is 6.99. The maximum absolute atomic E-state index is 12.8. The molecule has 0 bridgehead atoms. The zero-order valence-electron chi connectivity index (χ0n) is 17.4. The molecule has 33 heavy (non-hydrogen) atoms. The molecule has 0 aliphatic carbocycles. The van der Waals surface area contributed by atoms with Gasteiger partial charge in [-0.15, -0.1) is 0 Å². The number of sulfonamides is 2.